The van der Waals surface area contributed by atoms with E-state index in [9.17, 15) is 9.59 Å². The van der Waals surface area contributed by atoms with Gasteiger partial charge in [0.25, 0.3) is 0 Å². The minimum atomic E-state index is 0.0160. The van der Waals surface area contributed by atoms with E-state index in [0.29, 0.717) is 19.4 Å². The number of hydrogen-bond acceptors (Lipinski definition) is 4. The van der Waals surface area contributed by atoms with Crippen molar-refractivity contribution in [1.29, 1.82) is 0 Å². The van der Waals surface area contributed by atoms with Gasteiger partial charge in [-0.15, -0.1) is 0 Å². The van der Waals surface area contributed by atoms with Gasteiger partial charge in [-0.3, -0.25) is 14.5 Å². The summed E-state index contributed by atoms with van der Waals surface area (Å²) in [6.07, 6.45) is 2.61. The molecule has 2 N–H and O–H groups in total. The molecule has 0 aromatic heterocycles. The maximum absolute atomic E-state index is 11.6. The van der Waals surface area contributed by atoms with Crippen molar-refractivity contribution in [2.75, 3.05) is 26.2 Å². The Bertz CT molecular complexity index is 269. The van der Waals surface area contributed by atoms with Crippen molar-refractivity contribution in [1.82, 2.24) is 9.80 Å². The van der Waals surface area contributed by atoms with Crippen LogP contribution >= 0.6 is 0 Å². The smallest absolute Gasteiger partial charge is 0.229 e. The Balaban J connectivity index is 1.88. The predicted molar refractivity (Wildman–Crippen MR) is 59.6 cm³/mol. The van der Waals surface area contributed by atoms with E-state index in [-0.39, 0.29) is 17.9 Å². The summed E-state index contributed by atoms with van der Waals surface area (Å²) in [6.45, 7) is 3.47. The highest BCUT2D eigenvalue weighted by atomic mass is 16.2. The molecule has 0 radical (unpaired) electrons. The van der Waals surface area contributed by atoms with Gasteiger partial charge in [0.05, 0.1) is 0 Å². The second kappa shape index (κ2) is 4.93. The summed E-state index contributed by atoms with van der Waals surface area (Å²) in [5, 5.41) is 0. The van der Waals surface area contributed by atoms with Gasteiger partial charge in [-0.05, 0) is 12.8 Å². The minimum absolute atomic E-state index is 0.0160. The summed E-state index contributed by atoms with van der Waals surface area (Å²) < 4.78 is 0. The lowest BCUT2D eigenvalue weighted by molar-refractivity contribution is -0.142. The number of nitrogens with zero attached hydrogens (tertiary/aromatic N) is 2. The molecule has 0 saturated carbocycles. The van der Waals surface area contributed by atoms with Crippen molar-refractivity contribution in [3.8, 4) is 0 Å². The van der Waals surface area contributed by atoms with Gasteiger partial charge in [0.2, 0.25) is 11.8 Å². The molecule has 0 bridgehead atoms. The number of nitrogens with two attached hydrogens (primary N) is 1. The predicted octanol–water partition coefficient (Wildman–Crippen LogP) is -0.441. The van der Waals surface area contributed by atoms with Gasteiger partial charge in [0.15, 0.2) is 0 Å². The first-order valence-corrected chi connectivity index (χ1v) is 5.99. The highest BCUT2D eigenvalue weighted by Crippen LogP contribution is 2.22. The lowest BCUT2D eigenvalue weighted by Crippen LogP contribution is -2.47. The second-order valence-electron chi connectivity index (χ2n) is 4.52. The third-order valence-electron chi connectivity index (χ3n) is 3.46. The van der Waals surface area contributed by atoms with Crippen molar-refractivity contribution in [2.24, 2.45) is 5.73 Å². The average molecular weight is 225 g/mol. The van der Waals surface area contributed by atoms with Crippen LogP contribution in [0.15, 0.2) is 0 Å². The van der Waals surface area contributed by atoms with E-state index >= 15 is 0 Å². The monoisotopic (exact) mass is 225 g/mol. The van der Waals surface area contributed by atoms with Gasteiger partial charge in [-0.1, -0.05) is 0 Å². The largest absolute Gasteiger partial charge is 0.329 e. The Labute approximate surface area is 95.6 Å². The number of hydrogen-bond donors (Lipinski definition) is 1. The molecule has 0 unspecified atom stereocenters. The van der Waals surface area contributed by atoms with Crippen LogP contribution in [0.2, 0.25) is 0 Å². The fraction of sp³-hybridized carbons (Fsp3) is 0.818. The number of piperidine rings is 1. The lowest BCUT2D eigenvalue weighted by atomic mass is 10.0. The maximum atomic E-state index is 11.6. The van der Waals surface area contributed by atoms with Crippen LogP contribution in [0.5, 0.6) is 0 Å². The van der Waals surface area contributed by atoms with Crippen LogP contribution < -0.4 is 5.73 Å². The topological polar surface area (TPSA) is 66.6 Å². The molecule has 90 valence electrons. The molecular formula is C11H19N3O2. The highest BCUT2D eigenvalue weighted by Gasteiger charge is 2.36. The normalized spacial score (nSPS) is 24.4. The molecule has 0 aromatic carbocycles. The molecule has 5 nitrogen and oxygen atoms in total. The summed E-state index contributed by atoms with van der Waals surface area (Å²) in [6, 6.07) is 0.136. The van der Waals surface area contributed by atoms with Crippen LogP contribution in [0.25, 0.3) is 0 Å². The molecule has 2 saturated heterocycles. The van der Waals surface area contributed by atoms with Crippen LogP contribution in [0.1, 0.15) is 25.7 Å². The average Bonchev–Trinajstić information content (AvgIpc) is 2.61. The number of amides is 2. The summed E-state index contributed by atoms with van der Waals surface area (Å²) in [7, 11) is 0. The quantitative estimate of drug-likeness (QED) is 0.661. The number of imide groups is 1. The molecule has 0 aliphatic carbocycles. The van der Waals surface area contributed by atoms with Crippen molar-refractivity contribution in [3.63, 3.8) is 0 Å². The van der Waals surface area contributed by atoms with Crippen molar-refractivity contribution in [3.05, 3.63) is 0 Å². The summed E-state index contributed by atoms with van der Waals surface area (Å²) >= 11 is 0. The third-order valence-corrected chi connectivity index (χ3v) is 3.46. The van der Waals surface area contributed by atoms with Gasteiger partial charge in [0.1, 0.15) is 0 Å². The van der Waals surface area contributed by atoms with E-state index in [1.54, 1.807) is 0 Å². The van der Waals surface area contributed by atoms with Crippen LogP contribution in [0.4, 0.5) is 0 Å². The van der Waals surface area contributed by atoms with Crippen molar-refractivity contribution < 1.29 is 9.59 Å². The number of carbonyl (C=O) groups is 2. The fourth-order valence-electron chi connectivity index (χ4n) is 2.58. The highest BCUT2D eigenvalue weighted by molar-refractivity contribution is 6.02. The molecule has 2 aliphatic rings. The van der Waals surface area contributed by atoms with E-state index in [2.05, 4.69) is 4.90 Å². The van der Waals surface area contributed by atoms with E-state index in [0.717, 1.165) is 32.5 Å². The third kappa shape index (κ3) is 2.25. The van der Waals surface area contributed by atoms with E-state index in [4.69, 9.17) is 5.73 Å². The summed E-state index contributed by atoms with van der Waals surface area (Å²) in [4.78, 5) is 26.9. The van der Waals surface area contributed by atoms with Gasteiger partial charge in [-0.2, -0.15) is 0 Å². The zero-order valence-corrected chi connectivity index (χ0v) is 9.52. The van der Waals surface area contributed by atoms with Crippen LogP contribution in [-0.2, 0) is 9.59 Å². The standard InChI is InChI=1S/C11H19N3O2/c12-5-8-13-6-3-9(4-7-13)14-10(15)1-2-11(14)16/h9H,1-8,12H2. The van der Waals surface area contributed by atoms with Gasteiger partial charge >= 0.3 is 0 Å². The van der Waals surface area contributed by atoms with E-state index in [1.165, 1.54) is 4.90 Å². The number of rotatable bonds is 3. The lowest BCUT2D eigenvalue weighted by Gasteiger charge is -2.35. The van der Waals surface area contributed by atoms with Crippen molar-refractivity contribution in [2.45, 2.75) is 31.7 Å². The molecule has 2 amide bonds. The van der Waals surface area contributed by atoms with Crippen LogP contribution in [0.3, 0.4) is 0 Å². The molecular weight excluding hydrogens is 206 g/mol. The Morgan fingerprint density at radius 3 is 2.19 bits per heavy atom. The SMILES string of the molecule is NCCN1CCC(N2C(=O)CCC2=O)CC1. The van der Waals surface area contributed by atoms with E-state index < -0.39 is 0 Å². The Kier molecular flexibility index (Phi) is 3.56. The molecule has 2 fully saturated rings. The van der Waals surface area contributed by atoms with Gasteiger partial charge in [-0.25, -0.2) is 0 Å². The first-order chi connectivity index (χ1) is 7.72. The maximum Gasteiger partial charge on any atom is 0.229 e. The first-order valence-electron chi connectivity index (χ1n) is 5.99. The van der Waals surface area contributed by atoms with Crippen LogP contribution in [0, 0.1) is 0 Å². The zero-order valence-electron chi connectivity index (χ0n) is 9.52. The molecule has 16 heavy (non-hydrogen) atoms. The number of likely N-dealkylation sites (tertiary alicyclic amines) is 2. The molecule has 2 heterocycles. The molecule has 2 rings (SSSR count). The molecule has 2 aliphatic heterocycles. The molecule has 5 heteroatoms. The second-order valence-corrected chi connectivity index (χ2v) is 4.52. The van der Waals surface area contributed by atoms with Crippen LogP contribution in [-0.4, -0.2) is 53.8 Å². The zero-order chi connectivity index (χ0) is 11.5. The van der Waals surface area contributed by atoms with Crippen molar-refractivity contribution >= 4 is 11.8 Å². The summed E-state index contributed by atoms with van der Waals surface area (Å²) in [5.74, 6) is 0.0320. The Morgan fingerprint density at radius 2 is 1.69 bits per heavy atom. The Morgan fingerprint density at radius 1 is 1.12 bits per heavy atom. The summed E-state index contributed by atoms with van der Waals surface area (Å²) in [5.41, 5.74) is 5.50. The van der Waals surface area contributed by atoms with E-state index in [1.807, 2.05) is 0 Å². The molecule has 0 aromatic rings. The van der Waals surface area contributed by atoms with Gasteiger partial charge < -0.3 is 10.6 Å². The molecule has 0 atom stereocenters. The first kappa shape index (κ1) is 11.5. The fourth-order valence-corrected chi connectivity index (χ4v) is 2.58. The Hall–Kier alpha value is -0.940. The minimum Gasteiger partial charge on any atom is -0.329 e. The number of carbonyl (C=O) groups excluding carboxylic acids is 2. The van der Waals surface area contributed by atoms with Gasteiger partial charge in [0, 0.05) is 45.1 Å². The molecule has 0 spiro atoms.